The van der Waals surface area contributed by atoms with E-state index < -0.39 is 15.6 Å². The molecule has 1 aliphatic heterocycles. The van der Waals surface area contributed by atoms with Gasteiger partial charge in [-0.15, -0.1) is 0 Å². The highest BCUT2D eigenvalue weighted by atomic mass is 35.5. The number of sulfonamides is 1. The molecule has 3 rings (SSSR count). The Labute approximate surface area is 248 Å². The van der Waals surface area contributed by atoms with Gasteiger partial charge in [-0.3, -0.25) is 4.79 Å². The largest absolute Gasteiger partial charge is 0.460 e. The molecule has 40 heavy (non-hydrogen) atoms. The van der Waals surface area contributed by atoms with E-state index in [1.807, 2.05) is 40.0 Å². The van der Waals surface area contributed by atoms with E-state index >= 15 is 0 Å². The molecule has 0 unspecified atom stereocenters. The molecule has 0 fully saturated rings. The van der Waals surface area contributed by atoms with Gasteiger partial charge >= 0.3 is 5.97 Å². The number of esters is 1. The molecule has 0 aromatic heterocycles. The van der Waals surface area contributed by atoms with Crippen LogP contribution in [0.4, 0.5) is 0 Å². The maximum Gasteiger partial charge on any atom is 0.306 e. The van der Waals surface area contributed by atoms with Gasteiger partial charge in [-0.05, 0) is 75.2 Å². The average Bonchev–Trinajstić information content (AvgIpc) is 2.86. The monoisotopic (exact) mass is 614 g/mol. The third kappa shape index (κ3) is 9.41. The predicted octanol–water partition coefficient (Wildman–Crippen LogP) is 5.35. The van der Waals surface area contributed by atoms with Crippen LogP contribution in [0.25, 0.3) is 0 Å². The van der Waals surface area contributed by atoms with Gasteiger partial charge in [-0.1, -0.05) is 35.3 Å². The molecule has 1 heterocycles. The Balaban J connectivity index is 1.49. The van der Waals surface area contributed by atoms with Crippen molar-refractivity contribution in [2.24, 2.45) is 0 Å². The predicted molar refractivity (Wildman–Crippen MR) is 158 cm³/mol. The van der Waals surface area contributed by atoms with Gasteiger partial charge < -0.3 is 19.1 Å². The van der Waals surface area contributed by atoms with Gasteiger partial charge in [0.05, 0.1) is 24.7 Å². The van der Waals surface area contributed by atoms with E-state index in [0.717, 1.165) is 23.2 Å². The van der Waals surface area contributed by atoms with Crippen LogP contribution in [0.3, 0.4) is 0 Å². The molecule has 1 atom stereocenters. The zero-order valence-corrected chi connectivity index (χ0v) is 26.2. The van der Waals surface area contributed by atoms with Gasteiger partial charge in [0.15, 0.2) is 0 Å². The van der Waals surface area contributed by atoms with Crippen LogP contribution in [0.1, 0.15) is 56.2 Å². The first-order valence-electron chi connectivity index (χ1n) is 13.4. The van der Waals surface area contributed by atoms with Crippen LogP contribution in [-0.2, 0) is 35.6 Å². The Hall–Kier alpha value is -1.72. The fraction of sp³-hybridized carbons (Fsp3) is 0.552. The lowest BCUT2D eigenvalue weighted by Gasteiger charge is -2.33. The number of ether oxygens (including phenoxy) is 3. The number of hydrogen-bond donors (Lipinski definition) is 0. The highest BCUT2D eigenvalue weighted by Crippen LogP contribution is 2.39. The SMILES string of the molecule is CN1Cc2c(Cl)cc(Cl)cc2[C@H](c2cccc(S(=O)(=O)N(C)CCOCCOCCCC(=O)OC(C)(C)C)c2)C1. The van der Waals surface area contributed by atoms with Crippen LogP contribution in [0.2, 0.25) is 10.0 Å². The van der Waals surface area contributed by atoms with Crippen molar-refractivity contribution >= 4 is 39.2 Å². The smallest absolute Gasteiger partial charge is 0.306 e. The fourth-order valence-electron chi connectivity index (χ4n) is 4.55. The number of fused-ring (bicyclic) bond motifs is 1. The van der Waals surface area contributed by atoms with Crippen LogP contribution in [0, 0.1) is 0 Å². The third-order valence-corrected chi connectivity index (χ3v) is 8.88. The Morgan fingerprint density at radius 2 is 1.77 bits per heavy atom. The lowest BCUT2D eigenvalue weighted by molar-refractivity contribution is -0.155. The Bertz CT molecular complexity index is 1270. The van der Waals surface area contributed by atoms with Crippen molar-refractivity contribution in [2.45, 2.75) is 56.6 Å². The molecular weight excluding hydrogens is 575 g/mol. The fourth-order valence-corrected chi connectivity index (χ4v) is 6.33. The summed E-state index contributed by atoms with van der Waals surface area (Å²) in [5.41, 5.74) is 2.44. The van der Waals surface area contributed by atoms with Crippen molar-refractivity contribution in [3.8, 4) is 0 Å². The Morgan fingerprint density at radius 1 is 1.07 bits per heavy atom. The summed E-state index contributed by atoms with van der Waals surface area (Å²) in [6.45, 7) is 8.48. The molecule has 0 N–H and O–H groups in total. The number of rotatable bonds is 13. The summed E-state index contributed by atoms with van der Waals surface area (Å²) >= 11 is 12.8. The number of carbonyl (C=O) groups excluding carboxylic acids is 1. The second kappa shape index (κ2) is 14.4. The number of likely N-dealkylation sites (N-methyl/N-ethyl adjacent to an activating group) is 2. The van der Waals surface area contributed by atoms with E-state index in [0.29, 0.717) is 49.3 Å². The average molecular weight is 616 g/mol. The van der Waals surface area contributed by atoms with Crippen molar-refractivity contribution in [3.63, 3.8) is 0 Å². The molecule has 0 spiro atoms. The molecule has 8 nitrogen and oxygen atoms in total. The minimum atomic E-state index is -3.72. The first-order valence-corrected chi connectivity index (χ1v) is 15.6. The van der Waals surface area contributed by atoms with E-state index in [-0.39, 0.29) is 29.9 Å². The van der Waals surface area contributed by atoms with Crippen molar-refractivity contribution in [2.75, 3.05) is 53.6 Å². The Morgan fingerprint density at radius 3 is 2.48 bits per heavy atom. The van der Waals surface area contributed by atoms with Crippen molar-refractivity contribution in [1.82, 2.24) is 9.21 Å². The van der Waals surface area contributed by atoms with E-state index in [1.54, 1.807) is 31.3 Å². The molecular formula is C29H40Cl2N2O6S. The highest BCUT2D eigenvalue weighted by Gasteiger charge is 2.29. The summed E-state index contributed by atoms with van der Waals surface area (Å²) < 4.78 is 44.3. The summed E-state index contributed by atoms with van der Waals surface area (Å²) in [4.78, 5) is 14.1. The quantitative estimate of drug-likeness (QED) is 0.222. The molecule has 0 aliphatic carbocycles. The molecule has 0 radical (unpaired) electrons. The zero-order chi connectivity index (χ0) is 29.5. The van der Waals surface area contributed by atoms with E-state index in [1.165, 1.54) is 4.31 Å². The van der Waals surface area contributed by atoms with Gasteiger partial charge in [0.25, 0.3) is 0 Å². The summed E-state index contributed by atoms with van der Waals surface area (Å²) in [5.74, 6) is -0.301. The van der Waals surface area contributed by atoms with E-state index in [2.05, 4.69) is 4.90 Å². The molecule has 11 heteroatoms. The first kappa shape index (κ1) is 32.8. The van der Waals surface area contributed by atoms with Gasteiger partial charge in [0, 0.05) is 55.7 Å². The van der Waals surface area contributed by atoms with Gasteiger partial charge in [0.2, 0.25) is 10.0 Å². The van der Waals surface area contributed by atoms with Gasteiger partial charge in [-0.25, -0.2) is 8.42 Å². The minimum absolute atomic E-state index is 0.0575. The molecule has 0 amide bonds. The molecule has 2 aromatic carbocycles. The zero-order valence-electron chi connectivity index (χ0n) is 23.9. The molecule has 222 valence electrons. The Kier molecular flexibility index (Phi) is 11.8. The maximum absolute atomic E-state index is 13.3. The first-order chi connectivity index (χ1) is 18.8. The molecule has 1 aliphatic rings. The summed E-state index contributed by atoms with van der Waals surface area (Å²) in [5, 5.41) is 1.18. The second-order valence-corrected chi connectivity index (χ2v) is 13.9. The number of benzene rings is 2. The summed E-state index contributed by atoms with van der Waals surface area (Å²) in [7, 11) is -0.159. The van der Waals surface area contributed by atoms with Crippen LogP contribution in [0.15, 0.2) is 41.3 Å². The molecule has 0 bridgehead atoms. The lowest BCUT2D eigenvalue weighted by atomic mass is 9.85. The van der Waals surface area contributed by atoms with Crippen LogP contribution in [-0.4, -0.2) is 82.8 Å². The van der Waals surface area contributed by atoms with Crippen LogP contribution in [0.5, 0.6) is 0 Å². The number of nitrogens with zero attached hydrogens (tertiary/aromatic N) is 2. The maximum atomic E-state index is 13.3. The van der Waals surface area contributed by atoms with Crippen molar-refractivity contribution in [1.29, 1.82) is 0 Å². The molecule has 0 saturated carbocycles. The van der Waals surface area contributed by atoms with E-state index in [4.69, 9.17) is 37.4 Å². The third-order valence-electron chi connectivity index (χ3n) is 6.47. The number of halogens is 2. The lowest BCUT2D eigenvalue weighted by Crippen LogP contribution is -2.32. The summed E-state index contributed by atoms with van der Waals surface area (Å²) in [6.07, 6.45) is 0.866. The van der Waals surface area contributed by atoms with Crippen molar-refractivity contribution in [3.05, 3.63) is 63.1 Å². The minimum Gasteiger partial charge on any atom is -0.460 e. The van der Waals surface area contributed by atoms with Crippen LogP contribution >= 0.6 is 23.2 Å². The van der Waals surface area contributed by atoms with Gasteiger partial charge in [-0.2, -0.15) is 4.31 Å². The summed E-state index contributed by atoms with van der Waals surface area (Å²) in [6, 6.07) is 10.7. The molecule has 0 saturated heterocycles. The number of hydrogen-bond acceptors (Lipinski definition) is 7. The number of carbonyl (C=O) groups is 1. The highest BCUT2D eigenvalue weighted by molar-refractivity contribution is 7.89. The van der Waals surface area contributed by atoms with Crippen molar-refractivity contribution < 1.29 is 27.4 Å². The topological polar surface area (TPSA) is 85.4 Å². The van der Waals surface area contributed by atoms with Crippen LogP contribution < -0.4 is 0 Å². The standard InChI is InChI=1S/C29H40Cl2N2O6S/c1-29(2,3)39-28(34)10-7-12-37-14-15-38-13-11-33(5)40(35,36)23-9-6-8-21(16-23)25-19-32(4)20-26-24(25)17-22(30)18-27(26)31/h6,8-9,16-18,25H,7,10-15,19-20H2,1-5H3/t25-/m0/s1. The van der Waals surface area contributed by atoms with E-state index in [9.17, 15) is 13.2 Å². The molecule has 2 aromatic rings. The second-order valence-electron chi connectivity index (χ2n) is 11.0. The normalized spacial score (nSPS) is 16.2. The van der Waals surface area contributed by atoms with Gasteiger partial charge in [0.1, 0.15) is 5.60 Å².